The SMILES string of the molecule is COc1ccc(S(=O)(=O)N2CCN(c3ccc(F)cc3F)CC2)c(OC)c1. The van der Waals surface area contributed by atoms with Crippen LogP contribution in [0.4, 0.5) is 14.5 Å². The van der Waals surface area contributed by atoms with E-state index in [9.17, 15) is 17.2 Å². The Morgan fingerprint density at radius 1 is 0.926 bits per heavy atom. The van der Waals surface area contributed by atoms with E-state index in [1.807, 2.05) is 0 Å². The molecule has 0 aromatic heterocycles. The first-order valence-corrected chi connectivity index (χ1v) is 9.73. The quantitative estimate of drug-likeness (QED) is 0.775. The van der Waals surface area contributed by atoms with E-state index in [2.05, 4.69) is 0 Å². The summed E-state index contributed by atoms with van der Waals surface area (Å²) in [5.41, 5.74) is 0.260. The molecule has 0 saturated carbocycles. The predicted molar refractivity (Wildman–Crippen MR) is 96.9 cm³/mol. The highest BCUT2D eigenvalue weighted by atomic mass is 32.2. The van der Waals surface area contributed by atoms with Gasteiger partial charge in [-0.05, 0) is 24.3 Å². The third-order valence-electron chi connectivity index (χ3n) is 4.48. The third kappa shape index (κ3) is 3.84. The monoisotopic (exact) mass is 398 g/mol. The van der Waals surface area contributed by atoms with Crippen LogP contribution in [0.5, 0.6) is 11.5 Å². The Bertz CT molecular complexity index is 929. The molecule has 1 saturated heterocycles. The van der Waals surface area contributed by atoms with Crippen molar-refractivity contribution in [2.24, 2.45) is 0 Å². The van der Waals surface area contributed by atoms with E-state index in [4.69, 9.17) is 9.47 Å². The molecule has 1 aliphatic rings. The van der Waals surface area contributed by atoms with Crippen LogP contribution in [0.15, 0.2) is 41.3 Å². The van der Waals surface area contributed by atoms with Gasteiger partial charge in [0.25, 0.3) is 0 Å². The van der Waals surface area contributed by atoms with Crippen molar-refractivity contribution in [1.29, 1.82) is 0 Å². The summed E-state index contributed by atoms with van der Waals surface area (Å²) in [7, 11) is -0.905. The first-order valence-electron chi connectivity index (χ1n) is 8.29. The molecule has 0 bridgehead atoms. The van der Waals surface area contributed by atoms with Gasteiger partial charge in [0.15, 0.2) is 0 Å². The zero-order chi connectivity index (χ0) is 19.6. The Labute approximate surface area is 157 Å². The molecular weight excluding hydrogens is 378 g/mol. The first-order chi connectivity index (χ1) is 12.9. The van der Waals surface area contributed by atoms with Crippen LogP contribution in [-0.4, -0.2) is 53.1 Å². The number of rotatable bonds is 5. The van der Waals surface area contributed by atoms with E-state index in [-0.39, 0.29) is 29.4 Å². The number of hydrogen-bond donors (Lipinski definition) is 0. The number of halogens is 2. The minimum absolute atomic E-state index is 0.0483. The molecule has 2 aromatic carbocycles. The van der Waals surface area contributed by atoms with Gasteiger partial charge in [0.2, 0.25) is 10.0 Å². The smallest absolute Gasteiger partial charge is 0.246 e. The topological polar surface area (TPSA) is 59.1 Å². The van der Waals surface area contributed by atoms with Crippen LogP contribution in [0.2, 0.25) is 0 Å². The second-order valence-corrected chi connectivity index (χ2v) is 7.91. The summed E-state index contributed by atoms with van der Waals surface area (Å²) in [4.78, 5) is 1.75. The van der Waals surface area contributed by atoms with Gasteiger partial charge in [0.05, 0.1) is 19.9 Å². The van der Waals surface area contributed by atoms with Gasteiger partial charge in [-0.3, -0.25) is 0 Å². The highest BCUT2D eigenvalue weighted by Crippen LogP contribution is 2.31. The van der Waals surface area contributed by atoms with Gasteiger partial charge >= 0.3 is 0 Å². The average Bonchev–Trinajstić information content (AvgIpc) is 2.67. The number of nitrogens with zero attached hydrogens (tertiary/aromatic N) is 2. The normalized spacial score (nSPS) is 15.6. The fourth-order valence-electron chi connectivity index (χ4n) is 3.03. The van der Waals surface area contributed by atoms with E-state index in [0.29, 0.717) is 18.8 Å². The largest absolute Gasteiger partial charge is 0.497 e. The van der Waals surface area contributed by atoms with Crippen molar-refractivity contribution in [3.05, 3.63) is 48.0 Å². The number of anilines is 1. The molecule has 0 N–H and O–H groups in total. The molecule has 9 heteroatoms. The van der Waals surface area contributed by atoms with Crippen LogP contribution < -0.4 is 14.4 Å². The summed E-state index contributed by atoms with van der Waals surface area (Å²) in [5, 5.41) is 0. The summed E-state index contributed by atoms with van der Waals surface area (Å²) in [5.74, 6) is -0.629. The molecule has 6 nitrogen and oxygen atoms in total. The second kappa shape index (κ2) is 7.69. The molecule has 146 valence electrons. The molecule has 1 aliphatic heterocycles. The molecule has 0 radical (unpaired) electrons. The lowest BCUT2D eigenvalue weighted by atomic mass is 10.2. The highest BCUT2D eigenvalue weighted by Gasteiger charge is 2.31. The van der Waals surface area contributed by atoms with Crippen molar-refractivity contribution < 1.29 is 26.7 Å². The van der Waals surface area contributed by atoms with Gasteiger partial charge in [-0.15, -0.1) is 0 Å². The third-order valence-corrected chi connectivity index (χ3v) is 6.42. The maximum absolute atomic E-state index is 14.0. The summed E-state index contributed by atoms with van der Waals surface area (Å²) in [6.45, 7) is 0.934. The fourth-order valence-corrected chi connectivity index (χ4v) is 4.59. The molecular formula is C18H20F2N2O4S. The number of piperazine rings is 1. The fraction of sp³-hybridized carbons (Fsp3) is 0.333. The van der Waals surface area contributed by atoms with E-state index < -0.39 is 21.7 Å². The Balaban J connectivity index is 1.79. The lowest BCUT2D eigenvalue weighted by Crippen LogP contribution is -2.49. The van der Waals surface area contributed by atoms with Gasteiger partial charge in [-0.25, -0.2) is 17.2 Å². The molecule has 1 fully saturated rings. The van der Waals surface area contributed by atoms with E-state index in [1.165, 1.54) is 42.8 Å². The molecule has 0 spiro atoms. The van der Waals surface area contributed by atoms with Gasteiger partial charge in [-0.1, -0.05) is 0 Å². The van der Waals surface area contributed by atoms with Gasteiger partial charge in [0, 0.05) is 38.3 Å². The number of hydrogen-bond acceptors (Lipinski definition) is 5. The zero-order valence-electron chi connectivity index (χ0n) is 15.0. The Hall–Kier alpha value is -2.39. The minimum Gasteiger partial charge on any atom is -0.497 e. The van der Waals surface area contributed by atoms with Crippen LogP contribution in [0, 0.1) is 11.6 Å². The van der Waals surface area contributed by atoms with Crippen molar-refractivity contribution >= 4 is 15.7 Å². The van der Waals surface area contributed by atoms with Crippen LogP contribution in [0.25, 0.3) is 0 Å². The van der Waals surface area contributed by atoms with Crippen LogP contribution in [0.1, 0.15) is 0 Å². The van der Waals surface area contributed by atoms with E-state index in [0.717, 1.165) is 6.07 Å². The Morgan fingerprint density at radius 2 is 1.63 bits per heavy atom. The molecule has 0 amide bonds. The standard InChI is InChI=1S/C18H20F2N2O4S/c1-25-14-4-6-18(17(12-14)26-2)27(23,24)22-9-7-21(8-10-22)16-5-3-13(19)11-15(16)20/h3-6,11-12H,7-10H2,1-2H3. The number of ether oxygens (including phenoxy) is 2. The highest BCUT2D eigenvalue weighted by molar-refractivity contribution is 7.89. The molecule has 3 rings (SSSR count). The first kappa shape index (κ1) is 19.4. The maximum Gasteiger partial charge on any atom is 0.246 e. The predicted octanol–water partition coefficient (Wildman–Crippen LogP) is 2.49. The van der Waals surface area contributed by atoms with Crippen molar-refractivity contribution in [1.82, 2.24) is 4.31 Å². The number of methoxy groups -OCH3 is 2. The zero-order valence-corrected chi connectivity index (χ0v) is 15.8. The summed E-state index contributed by atoms with van der Waals surface area (Å²) >= 11 is 0. The molecule has 0 unspecified atom stereocenters. The Morgan fingerprint density at radius 3 is 2.22 bits per heavy atom. The van der Waals surface area contributed by atoms with Gasteiger partial charge in [-0.2, -0.15) is 4.31 Å². The van der Waals surface area contributed by atoms with E-state index >= 15 is 0 Å². The maximum atomic E-state index is 14.0. The van der Waals surface area contributed by atoms with Crippen molar-refractivity contribution in [3.8, 4) is 11.5 Å². The Kier molecular flexibility index (Phi) is 5.52. The molecule has 0 atom stereocenters. The average molecular weight is 398 g/mol. The minimum atomic E-state index is -3.78. The number of benzene rings is 2. The summed E-state index contributed by atoms with van der Waals surface area (Å²) in [6, 6.07) is 7.88. The lowest BCUT2D eigenvalue weighted by Gasteiger charge is -2.35. The molecule has 27 heavy (non-hydrogen) atoms. The van der Waals surface area contributed by atoms with Crippen molar-refractivity contribution in [2.45, 2.75) is 4.90 Å². The summed E-state index contributed by atoms with van der Waals surface area (Å²) in [6.07, 6.45) is 0. The van der Waals surface area contributed by atoms with Gasteiger partial charge < -0.3 is 14.4 Å². The van der Waals surface area contributed by atoms with Crippen molar-refractivity contribution in [3.63, 3.8) is 0 Å². The second-order valence-electron chi connectivity index (χ2n) is 6.00. The van der Waals surface area contributed by atoms with E-state index in [1.54, 1.807) is 11.0 Å². The number of sulfonamides is 1. The molecule has 1 heterocycles. The molecule has 2 aromatic rings. The van der Waals surface area contributed by atoms with Crippen LogP contribution in [0.3, 0.4) is 0 Å². The molecule has 0 aliphatic carbocycles. The van der Waals surface area contributed by atoms with Crippen molar-refractivity contribution in [2.75, 3.05) is 45.3 Å². The van der Waals surface area contributed by atoms with Gasteiger partial charge in [0.1, 0.15) is 28.0 Å². The van der Waals surface area contributed by atoms with Crippen LogP contribution >= 0.6 is 0 Å². The summed E-state index contributed by atoms with van der Waals surface area (Å²) < 4.78 is 64.6. The van der Waals surface area contributed by atoms with Crippen LogP contribution in [-0.2, 0) is 10.0 Å². The lowest BCUT2D eigenvalue weighted by molar-refractivity contribution is 0.369.